The summed E-state index contributed by atoms with van der Waals surface area (Å²) in [7, 11) is -3.38. The Morgan fingerprint density at radius 3 is 2.40 bits per heavy atom. The Balaban J connectivity index is 1.53. The highest BCUT2D eigenvalue weighted by Gasteiger charge is 2.25. The lowest BCUT2D eigenvalue weighted by molar-refractivity contribution is -0.124. The molecule has 7 nitrogen and oxygen atoms in total. The van der Waals surface area contributed by atoms with Crippen LogP contribution >= 0.6 is 0 Å². The first-order chi connectivity index (χ1) is 16.6. The van der Waals surface area contributed by atoms with Crippen LogP contribution in [-0.4, -0.2) is 31.7 Å². The van der Waals surface area contributed by atoms with Gasteiger partial charge in [-0.15, -0.1) is 0 Å². The standard InChI is InChI=1S/C27H27N3O4S/c1-17(2)25(34-21-13-10-19-14-15-29-26(28)23(19)16-21)27(31)30-20-11-8-18(9-12-20)22-6-4-5-7-24(22)35(3,32)33/h4-17,25H,1-3H3,(H2,28,29)(H,30,31). The number of carbonyl (C=O) groups is 1. The molecular formula is C27H27N3O4S. The average molecular weight is 490 g/mol. The first-order valence-electron chi connectivity index (χ1n) is 11.1. The van der Waals surface area contributed by atoms with Gasteiger partial charge in [0.25, 0.3) is 5.91 Å². The van der Waals surface area contributed by atoms with Crippen molar-refractivity contribution < 1.29 is 17.9 Å². The quantitative estimate of drug-likeness (QED) is 0.381. The number of benzene rings is 3. The van der Waals surface area contributed by atoms with Crippen LogP contribution in [0.4, 0.5) is 11.5 Å². The van der Waals surface area contributed by atoms with Gasteiger partial charge in [-0.1, -0.05) is 50.2 Å². The molecule has 0 spiro atoms. The largest absolute Gasteiger partial charge is 0.480 e. The van der Waals surface area contributed by atoms with Crippen LogP contribution in [-0.2, 0) is 14.6 Å². The molecular weight excluding hydrogens is 462 g/mol. The number of rotatable bonds is 7. The van der Waals surface area contributed by atoms with Gasteiger partial charge in [-0.3, -0.25) is 4.79 Å². The fourth-order valence-corrected chi connectivity index (χ4v) is 4.77. The van der Waals surface area contributed by atoms with Crippen molar-refractivity contribution in [1.29, 1.82) is 0 Å². The number of aromatic nitrogens is 1. The van der Waals surface area contributed by atoms with Crippen LogP contribution in [0.3, 0.4) is 0 Å². The molecule has 0 fully saturated rings. The van der Waals surface area contributed by atoms with E-state index in [9.17, 15) is 13.2 Å². The number of pyridine rings is 1. The molecule has 35 heavy (non-hydrogen) atoms. The summed E-state index contributed by atoms with van der Waals surface area (Å²) in [6.45, 7) is 3.82. The number of hydrogen-bond acceptors (Lipinski definition) is 6. The molecule has 1 atom stereocenters. The maximum Gasteiger partial charge on any atom is 0.265 e. The number of carbonyl (C=O) groups excluding carboxylic acids is 1. The van der Waals surface area contributed by atoms with Crippen LogP contribution < -0.4 is 15.8 Å². The van der Waals surface area contributed by atoms with Crippen molar-refractivity contribution in [2.45, 2.75) is 24.8 Å². The van der Waals surface area contributed by atoms with Crippen molar-refractivity contribution in [3.05, 3.63) is 79.0 Å². The minimum Gasteiger partial charge on any atom is -0.480 e. The van der Waals surface area contributed by atoms with Gasteiger partial charge in [0.1, 0.15) is 11.6 Å². The molecule has 0 aliphatic rings. The molecule has 0 aliphatic carbocycles. The predicted octanol–water partition coefficient (Wildman–Crippen LogP) is 4.93. The van der Waals surface area contributed by atoms with E-state index in [2.05, 4.69) is 10.3 Å². The maximum absolute atomic E-state index is 13.1. The van der Waals surface area contributed by atoms with Crippen LogP contribution in [0.1, 0.15) is 13.8 Å². The Hall–Kier alpha value is -3.91. The van der Waals surface area contributed by atoms with Gasteiger partial charge in [-0.25, -0.2) is 13.4 Å². The number of amides is 1. The molecule has 1 aromatic heterocycles. The van der Waals surface area contributed by atoms with E-state index in [0.717, 1.165) is 16.3 Å². The molecule has 3 N–H and O–H groups in total. The molecule has 0 saturated carbocycles. The molecule has 4 aromatic rings. The number of nitrogens with two attached hydrogens (primary N) is 1. The molecule has 0 bridgehead atoms. The van der Waals surface area contributed by atoms with Crippen LogP contribution in [0.5, 0.6) is 5.75 Å². The monoisotopic (exact) mass is 489 g/mol. The lowest BCUT2D eigenvalue weighted by Gasteiger charge is -2.22. The van der Waals surface area contributed by atoms with E-state index in [-0.39, 0.29) is 16.7 Å². The first kappa shape index (κ1) is 24.2. The number of nitrogen functional groups attached to an aromatic ring is 1. The Morgan fingerprint density at radius 1 is 1.00 bits per heavy atom. The maximum atomic E-state index is 13.1. The Morgan fingerprint density at radius 2 is 1.71 bits per heavy atom. The molecule has 1 unspecified atom stereocenters. The molecule has 0 radical (unpaired) electrons. The van der Waals surface area contributed by atoms with Crippen LogP contribution in [0, 0.1) is 5.92 Å². The van der Waals surface area contributed by atoms with Crippen molar-refractivity contribution >= 4 is 38.0 Å². The minimum absolute atomic E-state index is 0.0992. The second kappa shape index (κ2) is 9.76. The average Bonchev–Trinajstić information content (AvgIpc) is 2.82. The SMILES string of the molecule is CC(C)C(Oc1ccc2ccnc(N)c2c1)C(=O)Nc1ccc(-c2ccccc2S(C)(=O)=O)cc1. The van der Waals surface area contributed by atoms with Crippen LogP contribution in [0.15, 0.2) is 83.9 Å². The number of sulfone groups is 1. The number of ether oxygens (including phenoxy) is 1. The van der Waals surface area contributed by atoms with Gasteiger partial charge in [0, 0.05) is 29.1 Å². The van der Waals surface area contributed by atoms with Gasteiger partial charge in [0.05, 0.1) is 4.90 Å². The van der Waals surface area contributed by atoms with Crippen LogP contribution in [0.2, 0.25) is 0 Å². The molecule has 4 rings (SSSR count). The lowest BCUT2D eigenvalue weighted by Crippen LogP contribution is -2.37. The fourth-order valence-electron chi connectivity index (χ4n) is 3.86. The fraction of sp³-hybridized carbons (Fsp3) is 0.185. The second-order valence-corrected chi connectivity index (χ2v) is 10.7. The van der Waals surface area contributed by atoms with E-state index in [1.54, 1.807) is 66.9 Å². The number of anilines is 2. The summed E-state index contributed by atoms with van der Waals surface area (Å²) in [5, 5.41) is 4.60. The molecule has 8 heteroatoms. The second-order valence-electron chi connectivity index (χ2n) is 8.70. The topological polar surface area (TPSA) is 111 Å². The number of fused-ring (bicyclic) bond motifs is 1. The van der Waals surface area contributed by atoms with E-state index in [4.69, 9.17) is 10.5 Å². The Kier molecular flexibility index (Phi) is 6.75. The van der Waals surface area contributed by atoms with Gasteiger partial charge in [-0.05, 0) is 53.3 Å². The van der Waals surface area contributed by atoms with E-state index in [1.807, 2.05) is 26.0 Å². The first-order valence-corrected chi connectivity index (χ1v) is 13.0. The molecule has 1 heterocycles. The normalized spacial score (nSPS) is 12.5. The summed E-state index contributed by atoms with van der Waals surface area (Å²) in [6, 6.07) is 21.2. The Labute approximate surface area is 204 Å². The molecule has 3 aromatic carbocycles. The van der Waals surface area contributed by atoms with Gasteiger partial charge in [0.15, 0.2) is 15.9 Å². The smallest absolute Gasteiger partial charge is 0.265 e. The van der Waals surface area contributed by atoms with Gasteiger partial charge >= 0.3 is 0 Å². The highest BCUT2D eigenvalue weighted by atomic mass is 32.2. The number of nitrogens with one attached hydrogen (secondary N) is 1. The summed E-state index contributed by atoms with van der Waals surface area (Å²) in [5.41, 5.74) is 7.92. The van der Waals surface area contributed by atoms with E-state index < -0.39 is 15.9 Å². The summed E-state index contributed by atoms with van der Waals surface area (Å²) in [5.74, 6) is 0.538. The third-order valence-corrected chi connectivity index (χ3v) is 6.80. The lowest BCUT2D eigenvalue weighted by atomic mass is 10.0. The zero-order chi connectivity index (χ0) is 25.2. The van der Waals surface area contributed by atoms with Crippen molar-refractivity contribution in [2.24, 2.45) is 5.92 Å². The minimum atomic E-state index is -3.38. The van der Waals surface area contributed by atoms with Gasteiger partial charge in [0.2, 0.25) is 0 Å². The predicted molar refractivity (Wildman–Crippen MR) is 139 cm³/mol. The van der Waals surface area contributed by atoms with E-state index >= 15 is 0 Å². The van der Waals surface area contributed by atoms with Crippen molar-refractivity contribution in [1.82, 2.24) is 4.98 Å². The summed E-state index contributed by atoms with van der Waals surface area (Å²) < 4.78 is 30.3. The summed E-state index contributed by atoms with van der Waals surface area (Å²) in [6.07, 6.45) is 2.09. The van der Waals surface area contributed by atoms with E-state index in [0.29, 0.717) is 22.8 Å². The van der Waals surface area contributed by atoms with Gasteiger partial charge < -0.3 is 15.8 Å². The number of nitrogens with zero attached hydrogens (tertiary/aromatic N) is 1. The van der Waals surface area contributed by atoms with Crippen LogP contribution in [0.25, 0.3) is 21.9 Å². The molecule has 180 valence electrons. The van der Waals surface area contributed by atoms with Crippen molar-refractivity contribution in [2.75, 3.05) is 17.3 Å². The van der Waals surface area contributed by atoms with Crippen molar-refractivity contribution in [3.8, 4) is 16.9 Å². The third-order valence-electron chi connectivity index (χ3n) is 5.65. The molecule has 1 amide bonds. The zero-order valence-corrected chi connectivity index (χ0v) is 20.5. The van der Waals surface area contributed by atoms with Gasteiger partial charge in [-0.2, -0.15) is 0 Å². The highest BCUT2D eigenvalue weighted by molar-refractivity contribution is 7.90. The molecule has 0 aliphatic heterocycles. The third kappa shape index (κ3) is 5.44. The summed E-state index contributed by atoms with van der Waals surface area (Å²) in [4.78, 5) is 17.4. The zero-order valence-electron chi connectivity index (χ0n) is 19.7. The highest BCUT2D eigenvalue weighted by Crippen LogP contribution is 2.29. The Bertz CT molecular complexity index is 1480. The van der Waals surface area contributed by atoms with E-state index in [1.165, 1.54) is 6.26 Å². The summed E-state index contributed by atoms with van der Waals surface area (Å²) >= 11 is 0. The molecule has 0 saturated heterocycles. The van der Waals surface area contributed by atoms with Crippen molar-refractivity contribution in [3.63, 3.8) is 0 Å². The number of hydrogen-bond donors (Lipinski definition) is 2.